The third-order valence-electron chi connectivity index (χ3n) is 3.21. The largest absolute Gasteiger partial charge is 0.352 e. The normalized spacial score (nSPS) is 13.7. The molecule has 0 radical (unpaired) electrons. The smallest absolute Gasteiger partial charge is 0.239 e. The van der Waals surface area contributed by atoms with Crippen LogP contribution in [0.5, 0.6) is 0 Å². The monoisotopic (exact) mass is 402 g/mol. The predicted molar refractivity (Wildman–Crippen MR) is 97.5 cm³/mol. The van der Waals surface area contributed by atoms with E-state index in [1.807, 2.05) is 19.9 Å². The molecule has 1 aromatic rings. The number of para-hydroxylation sites is 1. The van der Waals surface area contributed by atoms with E-state index in [4.69, 9.17) is 0 Å². The highest BCUT2D eigenvalue weighted by molar-refractivity contribution is 14.0. The molecule has 0 saturated carbocycles. The molecule has 0 fully saturated rings. The van der Waals surface area contributed by atoms with Gasteiger partial charge in [0.05, 0.1) is 6.54 Å². The van der Waals surface area contributed by atoms with Crippen molar-refractivity contribution in [1.29, 1.82) is 0 Å². The van der Waals surface area contributed by atoms with Gasteiger partial charge in [0.2, 0.25) is 5.91 Å². The van der Waals surface area contributed by atoms with Gasteiger partial charge in [0, 0.05) is 25.3 Å². The highest BCUT2D eigenvalue weighted by atomic mass is 127. The Morgan fingerprint density at radius 3 is 2.76 bits per heavy atom. The number of carbonyl (C=O) groups is 1. The first kappa shape index (κ1) is 17.7. The number of amides is 1. The maximum Gasteiger partial charge on any atom is 0.239 e. The molecule has 0 aliphatic carbocycles. The first-order valence-electron chi connectivity index (χ1n) is 6.97. The molecule has 0 atom stereocenters. The van der Waals surface area contributed by atoms with Gasteiger partial charge in [-0.25, -0.2) is 0 Å². The van der Waals surface area contributed by atoms with Gasteiger partial charge in [-0.15, -0.1) is 24.0 Å². The van der Waals surface area contributed by atoms with Crippen LogP contribution in [0.3, 0.4) is 0 Å². The Kier molecular flexibility index (Phi) is 6.94. The summed E-state index contributed by atoms with van der Waals surface area (Å²) in [5.41, 5.74) is 2.49. The molecule has 2 N–H and O–H groups in total. The van der Waals surface area contributed by atoms with Crippen molar-refractivity contribution in [2.24, 2.45) is 4.99 Å². The fraction of sp³-hybridized carbons (Fsp3) is 0.467. The number of nitrogens with zero attached hydrogens (tertiary/aromatic N) is 2. The van der Waals surface area contributed by atoms with E-state index >= 15 is 0 Å². The van der Waals surface area contributed by atoms with Crippen molar-refractivity contribution in [2.75, 3.05) is 25.0 Å². The Morgan fingerprint density at radius 1 is 1.38 bits per heavy atom. The number of anilines is 1. The average molecular weight is 402 g/mol. The van der Waals surface area contributed by atoms with Gasteiger partial charge in [0.15, 0.2) is 5.96 Å². The number of hydrogen-bond donors (Lipinski definition) is 2. The lowest BCUT2D eigenvalue weighted by molar-refractivity contribution is -0.120. The molecule has 0 aromatic heterocycles. The minimum atomic E-state index is -0.0198. The van der Waals surface area contributed by atoms with Gasteiger partial charge >= 0.3 is 0 Å². The van der Waals surface area contributed by atoms with Crippen LogP contribution < -0.4 is 15.5 Å². The van der Waals surface area contributed by atoms with Crippen LogP contribution >= 0.6 is 24.0 Å². The Bertz CT molecular complexity index is 516. The molecular weight excluding hydrogens is 379 g/mol. The number of aliphatic imine (C=N–C) groups is 1. The fourth-order valence-electron chi connectivity index (χ4n) is 2.39. The number of fused-ring (bicyclic) bond motifs is 1. The molecule has 0 spiro atoms. The van der Waals surface area contributed by atoms with Crippen LogP contribution in [0.2, 0.25) is 0 Å². The number of hydrogen-bond acceptors (Lipinski definition) is 2. The summed E-state index contributed by atoms with van der Waals surface area (Å²) in [6, 6.07) is 8.45. The lowest BCUT2D eigenvalue weighted by Crippen LogP contribution is -2.46. The number of carbonyl (C=O) groups excluding carboxylic acids is 1. The van der Waals surface area contributed by atoms with Crippen LogP contribution in [0.15, 0.2) is 29.3 Å². The third kappa shape index (κ3) is 4.59. The SMILES string of the molecule is CN=C(NCC(=O)NC(C)C)N1CCc2ccccc21.I. The van der Waals surface area contributed by atoms with E-state index in [2.05, 4.69) is 38.7 Å². The number of halogens is 1. The van der Waals surface area contributed by atoms with Crippen LogP contribution in [0.1, 0.15) is 19.4 Å². The van der Waals surface area contributed by atoms with E-state index in [-0.39, 0.29) is 42.5 Å². The topological polar surface area (TPSA) is 56.7 Å². The second-order valence-electron chi connectivity index (χ2n) is 5.15. The van der Waals surface area contributed by atoms with E-state index in [0.29, 0.717) is 0 Å². The molecule has 1 aliphatic heterocycles. The van der Waals surface area contributed by atoms with E-state index in [0.717, 1.165) is 18.9 Å². The van der Waals surface area contributed by atoms with Gasteiger partial charge < -0.3 is 15.5 Å². The molecule has 1 amide bonds. The number of nitrogens with one attached hydrogen (secondary N) is 2. The molecule has 0 bridgehead atoms. The zero-order valence-electron chi connectivity index (χ0n) is 12.7. The molecule has 116 valence electrons. The lowest BCUT2D eigenvalue weighted by atomic mass is 10.2. The summed E-state index contributed by atoms with van der Waals surface area (Å²) in [4.78, 5) is 18.1. The van der Waals surface area contributed by atoms with E-state index in [9.17, 15) is 4.79 Å². The fourth-order valence-corrected chi connectivity index (χ4v) is 2.39. The Labute approximate surface area is 143 Å². The minimum absolute atomic E-state index is 0. The lowest BCUT2D eigenvalue weighted by Gasteiger charge is -2.22. The third-order valence-corrected chi connectivity index (χ3v) is 3.21. The van der Waals surface area contributed by atoms with Gasteiger partial charge in [0.1, 0.15) is 0 Å². The quantitative estimate of drug-likeness (QED) is 0.461. The summed E-state index contributed by atoms with van der Waals surface area (Å²) in [6.07, 6.45) is 1.01. The zero-order valence-corrected chi connectivity index (χ0v) is 15.0. The molecule has 0 saturated heterocycles. The summed E-state index contributed by atoms with van der Waals surface area (Å²) >= 11 is 0. The molecule has 1 aromatic carbocycles. The second kappa shape index (κ2) is 8.21. The summed E-state index contributed by atoms with van der Waals surface area (Å²) in [7, 11) is 1.74. The highest BCUT2D eigenvalue weighted by Crippen LogP contribution is 2.27. The van der Waals surface area contributed by atoms with Crippen molar-refractivity contribution in [2.45, 2.75) is 26.3 Å². The summed E-state index contributed by atoms with van der Waals surface area (Å²) in [5.74, 6) is 0.725. The summed E-state index contributed by atoms with van der Waals surface area (Å²) in [5, 5.41) is 5.98. The van der Waals surface area contributed by atoms with Crippen LogP contribution in [0.25, 0.3) is 0 Å². The van der Waals surface area contributed by atoms with Gasteiger partial charge in [-0.05, 0) is 31.9 Å². The molecule has 21 heavy (non-hydrogen) atoms. The average Bonchev–Trinajstić information content (AvgIpc) is 2.83. The molecule has 5 nitrogen and oxygen atoms in total. The van der Waals surface area contributed by atoms with Gasteiger partial charge in [-0.2, -0.15) is 0 Å². The van der Waals surface area contributed by atoms with E-state index in [1.165, 1.54) is 11.3 Å². The highest BCUT2D eigenvalue weighted by Gasteiger charge is 2.22. The summed E-state index contributed by atoms with van der Waals surface area (Å²) < 4.78 is 0. The molecule has 0 unspecified atom stereocenters. The molecule has 1 heterocycles. The molecular formula is C15H23IN4O. The Balaban J connectivity index is 0.00000220. The van der Waals surface area contributed by atoms with Crippen LogP contribution in [0.4, 0.5) is 5.69 Å². The molecule has 6 heteroatoms. The number of guanidine groups is 1. The molecule has 2 rings (SSSR count). The standard InChI is InChI=1S/C15H22N4O.HI/c1-11(2)18-14(20)10-17-15(16-3)19-9-8-12-6-4-5-7-13(12)19;/h4-7,11H,8-10H2,1-3H3,(H,16,17)(H,18,20);1H. The van der Waals surface area contributed by atoms with Crippen molar-refractivity contribution in [3.63, 3.8) is 0 Å². The van der Waals surface area contributed by atoms with E-state index in [1.54, 1.807) is 7.05 Å². The number of rotatable bonds is 3. The first-order valence-corrected chi connectivity index (χ1v) is 6.97. The van der Waals surface area contributed by atoms with Gasteiger partial charge in [0.25, 0.3) is 0 Å². The first-order chi connectivity index (χ1) is 9.61. The minimum Gasteiger partial charge on any atom is -0.352 e. The van der Waals surface area contributed by atoms with Gasteiger partial charge in [-0.3, -0.25) is 9.79 Å². The Hall–Kier alpha value is -1.31. The van der Waals surface area contributed by atoms with E-state index < -0.39 is 0 Å². The zero-order chi connectivity index (χ0) is 14.5. The van der Waals surface area contributed by atoms with Crippen molar-refractivity contribution in [3.05, 3.63) is 29.8 Å². The van der Waals surface area contributed by atoms with Crippen molar-refractivity contribution >= 4 is 41.5 Å². The van der Waals surface area contributed by atoms with Crippen molar-refractivity contribution < 1.29 is 4.79 Å². The maximum absolute atomic E-state index is 11.7. The van der Waals surface area contributed by atoms with Gasteiger partial charge in [-0.1, -0.05) is 18.2 Å². The summed E-state index contributed by atoms with van der Waals surface area (Å²) in [6.45, 7) is 5.03. The maximum atomic E-state index is 11.7. The Morgan fingerprint density at radius 2 is 2.10 bits per heavy atom. The predicted octanol–water partition coefficient (Wildman–Crippen LogP) is 1.77. The van der Waals surface area contributed by atoms with Crippen LogP contribution in [-0.4, -0.2) is 38.0 Å². The molecule has 1 aliphatic rings. The van der Waals surface area contributed by atoms with Crippen molar-refractivity contribution in [3.8, 4) is 0 Å². The van der Waals surface area contributed by atoms with Crippen LogP contribution in [-0.2, 0) is 11.2 Å². The number of benzene rings is 1. The van der Waals surface area contributed by atoms with Crippen LogP contribution in [0, 0.1) is 0 Å². The second-order valence-corrected chi connectivity index (χ2v) is 5.15. The van der Waals surface area contributed by atoms with Crippen molar-refractivity contribution in [1.82, 2.24) is 10.6 Å².